The molecule has 158 valence electrons. The van der Waals surface area contributed by atoms with Crippen molar-refractivity contribution >= 4 is 32.4 Å². The minimum Gasteiger partial charge on any atom is -0.301 e. The topological polar surface area (TPSA) is 88.2 Å². The number of nitrogens with one attached hydrogen (secondary N) is 2. The van der Waals surface area contributed by atoms with Gasteiger partial charge in [-0.25, -0.2) is 22.5 Å². The molecule has 1 fully saturated rings. The Balaban J connectivity index is 1.57. The van der Waals surface area contributed by atoms with Crippen molar-refractivity contribution in [3.63, 3.8) is 0 Å². The SMILES string of the molecule is Cc1nc(NC(=O)CS(=O)(=O)NC2CCC(C)CC2)sc1Cc1ccccc1F. The summed E-state index contributed by atoms with van der Waals surface area (Å²) in [7, 11) is -3.71. The molecule has 0 bridgehead atoms. The van der Waals surface area contributed by atoms with Gasteiger partial charge in [-0.05, 0) is 50.2 Å². The number of benzene rings is 1. The van der Waals surface area contributed by atoms with Gasteiger partial charge in [-0.15, -0.1) is 11.3 Å². The van der Waals surface area contributed by atoms with Crippen LogP contribution in [-0.2, 0) is 21.2 Å². The van der Waals surface area contributed by atoms with Crippen molar-refractivity contribution < 1.29 is 17.6 Å². The number of hydrogen-bond acceptors (Lipinski definition) is 5. The van der Waals surface area contributed by atoms with Crippen LogP contribution in [0.15, 0.2) is 24.3 Å². The maximum atomic E-state index is 13.9. The lowest BCUT2D eigenvalue weighted by Crippen LogP contribution is -2.41. The zero-order valence-electron chi connectivity index (χ0n) is 16.6. The molecule has 3 rings (SSSR count). The van der Waals surface area contributed by atoms with Crippen molar-refractivity contribution in [3.8, 4) is 0 Å². The number of hydrogen-bond donors (Lipinski definition) is 2. The molecule has 0 saturated heterocycles. The first kappa shape index (κ1) is 21.9. The second-order valence-corrected chi connectivity index (χ2v) is 10.5. The van der Waals surface area contributed by atoms with Crippen LogP contribution in [0.1, 0.15) is 48.7 Å². The molecule has 6 nitrogen and oxygen atoms in total. The first-order chi connectivity index (χ1) is 13.7. The number of nitrogens with zero attached hydrogens (tertiary/aromatic N) is 1. The molecule has 1 amide bonds. The second-order valence-electron chi connectivity index (χ2n) is 7.68. The minimum absolute atomic E-state index is 0.0986. The van der Waals surface area contributed by atoms with E-state index in [1.807, 2.05) is 0 Å². The van der Waals surface area contributed by atoms with Gasteiger partial charge in [0.05, 0.1) is 5.69 Å². The number of amides is 1. The molecule has 2 N–H and O–H groups in total. The van der Waals surface area contributed by atoms with Crippen LogP contribution in [0.25, 0.3) is 0 Å². The molecule has 2 aromatic rings. The summed E-state index contributed by atoms with van der Waals surface area (Å²) in [5.74, 6) is -0.945. The first-order valence-corrected chi connectivity index (χ1v) is 12.2. The van der Waals surface area contributed by atoms with Crippen molar-refractivity contribution in [3.05, 3.63) is 46.2 Å². The molecule has 9 heteroatoms. The maximum Gasteiger partial charge on any atom is 0.242 e. The Hall–Kier alpha value is -1.84. The average Bonchev–Trinajstić information content (AvgIpc) is 2.97. The van der Waals surface area contributed by atoms with E-state index in [1.54, 1.807) is 25.1 Å². The van der Waals surface area contributed by atoms with Crippen LogP contribution in [0, 0.1) is 18.7 Å². The largest absolute Gasteiger partial charge is 0.301 e. The third-order valence-electron chi connectivity index (χ3n) is 5.13. The third-order valence-corrected chi connectivity index (χ3v) is 7.54. The molecular formula is C20H26FN3O3S2. The van der Waals surface area contributed by atoms with Crippen LogP contribution < -0.4 is 10.0 Å². The highest BCUT2D eigenvalue weighted by Gasteiger charge is 2.25. The lowest BCUT2D eigenvalue weighted by Gasteiger charge is -2.26. The molecule has 0 radical (unpaired) electrons. The van der Waals surface area contributed by atoms with Gasteiger partial charge in [0.2, 0.25) is 15.9 Å². The van der Waals surface area contributed by atoms with Gasteiger partial charge in [0.15, 0.2) is 5.13 Å². The summed E-state index contributed by atoms with van der Waals surface area (Å²) in [4.78, 5) is 17.3. The van der Waals surface area contributed by atoms with E-state index in [4.69, 9.17) is 0 Å². The van der Waals surface area contributed by atoms with E-state index in [1.165, 1.54) is 17.4 Å². The molecule has 29 heavy (non-hydrogen) atoms. The van der Waals surface area contributed by atoms with Crippen molar-refractivity contribution in [1.82, 2.24) is 9.71 Å². The molecule has 0 atom stereocenters. The number of thiazole rings is 1. The summed E-state index contributed by atoms with van der Waals surface area (Å²) in [6, 6.07) is 6.41. The van der Waals surface area contributed by atoms with Gasteiger partial charge in [0.1, 0.15) is 11.6 Å². The van der Waals surface area contributed by atoms with Gasteiger partial charge >= 0.3 is 0 Å². The van der Waals surface area contributed by atoms with E-state index in [0.29, 0.717) is 28.7 Å². The van der Waals surface area contributed by atoms with Gasteiger partial charge in [0.25, 0.3) is 0 Å². The molecule has 1 aromatic heterocycles. The van der Waals surface area contributed by atoms with Crippen LogP contribution in [0.2, 0.25) is 0 Å². The molecule has 0 unspecified atom stereocenters. The predicted octanol–water partition coefficient (Wildman–Crippen LogP) is 3.62. The molecule has 1 aliphatic carbocycles. The fourth-order valence-corrected chi connectivity index (χ4v) is 5.71. The van der Waals surface area contributed by atoms with Crippen molar-refractivity contribution in [2.75, 3.05) is 11.1 Å². The fraction of sp³-hybridized carbons (Fsp3) is 0.500. The fourth-order valence-electron chi connectivity index (χ4n) is 3.46. The molecule has 0 spiro atoms. The Morgan fingerprint density at radius 3 is 2.62 bits per heavy atom. The third kappa shape index (κ3) is 6.32. The molecular weight excluding hydrogens is 413 g/mol. The van der Waals surface area contributed by atoms with E-state index in [2.05, 4.69) is 21.9 Å². The van der Waals surface area contributed by atoms with Gasteiger partial charge in [-0.1, -0.05) is 25.1 Å². The minimum atomic E-state index is -3.71. The highest BCUT2D eigenvalue weighted by molar-refractivity contribution is 7.90. The van der Waals surface area contributed by atoms with Crippen LogP contribution in [0.5, 0.6) is 0 Å². The summed E-state index contributed by atoms with van der Waals surface area (Å²) in [5, 5.41) is 2.88. The highest BCUT2D eigenvalue weighted by atomic mass is 32.2. The number of carbonyl (C=O) groups excluding carboxylic acids is 1. The van der Waals surface area contributed by atoms with Gasteiger partial charge < -0.3 is 5.32 Å². The molecule has 1 heterocycles. The average molecular weight is 440 g/mol. The van der Waals surface area contributed by atoms with Crippen LogP contribution in [0.3, 0.4) is 0 Å². The number of sulfonamides is 1. The Morgan fingerprint density at radius 2 is 1.93 bits per heavy atom. The quantitative estimate of drug-likeness (QED) is 0.690. The zero-order valence-corrected chi connectivity index (χ0v) is 18.2. The van der Waals surface area contributed by atoms with Crippen LogP contribution in [0.4, 0.5) is 9.52 Å². The second kappa shape index (κ2) is 9.32. The van der Waals surface area contributed by atoms with Crippen molar-refractivity contribution in [2.45, 2.75) is 52.0 Å². The van der Waals surface area contributed by atoms with E-state index in [0.717, 1.165) is 30.6 Å². The summed E-state index contributed by atoms with van der Waals surface area (Å²) < 4.78 is 41.1. The Morgan fingerprint density at radius 1 is 1.24 bits per heavy atom. The normalized spacial score (nSPS) is 19.8. The highest BCUT2D eigenvalue weighted by Crippen LogP contribution is 2.26. The summed E-state index contributed by atoms with van der Waals surface area (Å²) in [5.41, 5.74) is 1.23. The lowest BCUT2D eigenvalue weighted by atomic mass is 9.88. The molecule has 0 aliphatic heterocycles. The Bertz CT molecular complexity index is 967. The van der Waals surface area contributed by atoms with E-state index in [9.17, 15) is 17.6 Å². The number of rotatable bonds is 7. The lowest BCUT2D eigenvalue weighted by molar-refractivity contribution is -0.113. The first-order valence-electron chi connectivity index (χ1n) is 9.71. The smallest absolute Gasteiger partial charge is 0.242 e. The standard InChI is InChI=1S/C20H26FN3O3S2/c1-13-7-9-16(10-8-13)24-29(26,27)12-19(25)23-20-22-14(2)18(28-20)11-15-5-3-4-6-17(15)21/h3-6,13,16,24H,7-12H2,1-2H3,(H,22,23,25). The molecule has 1 aliphatic rings. The number of aryl methyl sites for hydroxylation is 1. The van der Waals surface area contributed by atoms with Gasteiger partial charge in [0, 0.05) is 17.3 Å². The monoisotopic (exact) mass is 439 g/mol. The number of halogens is 1. The van der Waals surface area contributed by atoms with Crippen LogP contribution >= 0.6 is 11.3 Å². The van der Waals surface area contributed by atoms with Crippen molar-refractivity contribution in [2.24, 2.45) is 5.92 Å². The summed E-state index contributed by atoms with van der Waals surface area (Å²) in [6.07, 6.45) is 3.94. The zero-order chi connectivity index (χ0) is 21.0. The van der Waals surface area contributed by atoms with Gasteiger partial charge in [-0.2, -0.15) is 0 Å². The predicted molar refractivity (Wildman–Crippen MR) is 113 cm³/mol. The Kier molecular flexibility index (Phi) is 7.02. The molecule has 1 aromatic carbocycles. The van der Waals surface area contributed by atoms with Crippen LogP contribution in [-0.4, -0.2) is 31.1 Å². The number of anilines is 1. The van der Waals surface area contributed by atoms with E-state index < -0.39 is 21.7 Å². The maximum absolute atomic E-state index is 13.9. The summed E-state index contributed by atoms with van der Waals surface area (Å²) in [6.45, 7) is 3.94. The van der Waals surface area contributed by atoms with E-state index in [-0.39, 0.29) is 11.9 Å². The molecule has 1 saturated carbocycles. The number of carbonyl (C=O) groups is 1. The summed E-state index contributed by atoms with van der Waals surface area (Å²) >= 11 is 1.23. The van der Waals surface area contributed by atoms with E-state index >= 15 is 0 Å². The van der Waals surface area contributed by atoms with Crippen molar-refractivity contribution in [1.29, 1.82) is 0 Å². The Labute approximate surface area is 175 Å². The number of aromatic nitrogens is 1. The van der Waals surface area contributed by atoms with Gasteiger partial charge in [-0.3, -0.25) is 4.79 Å².